The number of nitrogens with zero attached hydrogens (tertiary/aromatic N) is 2. The van der Waals surface area contributed by atoms with Crippen molar-refractivity contribution >= 4 is 5.91 Å². The van der Waals surface area contributed by atoms with Crippen molar-refractivity contribution in [2.24, 2.45) is 0 Å². The third-order valence-corrected chi connectivity index (χ3v) is 1.87. The van der Waals surface area contributed by atoms with E-state index in [0.717, 1.165) is 12.8 Å². The third-order valence-electron chi connectivity index (χ3n) is 1.87. The van der Waals surface area contributed by atoms with E-state index in [4.69, 9.17) is 5.11 Å². The average molecular weight is 212 g/mol. The first-order valence-corrected chi connectivity index (χ1v) is 5.00. The highest BCUT2D eigenvalue weighted by Gasteiger charge is 2.13. The topological polar surface area (TPSA) is 90.9 Å². The van der Waals surface area contributed by atoms with Crippen LogP contribution < -0.4 is 5.32 Å². The van der Waals surface area contributed by atoms with Crippen molar-refractivity contribution < 1.29 is 9.90 Å². The van der Waals surface area contributed by atoms with Gasteiger partial charge in [-0.1, -0.05) is 6.92 Å². The van der Waals surface area contributed by atoms with Crippen molar-refractivity contribution in [1.29, 1.82) is 0 Å². The molecule has 6 heteroatoms. The summed E-state index contributed by atoms with van der Waals surface area (Å²) in [7, 11) is 0. The van der Waals surface area contributed by atoms with Gasteiger partial charge in [0.15, 0.2) is 0 Å². The molecule has 1 atom stereocenters. The molecule has 0 radical (unpaired) electrons. The minimum Gasteiger partial charge on any atom is -0.394 e. The zero-order valence-electron chi connectivity index (χ0n) is 8.95. The number of H-pyrrole nitrogens is 1. The summed E-state index contributed by atoms with van der Waals surface area (Å²) in [4.78, 5) is 15.5. The molecule has 0 spiro atoms. The molecule has 0 aliphatic carbocycles. The molecular formula is C9H16N4O2. The van der Waals surface area contributed by atoms with Crippen molar-refractivity contribution in [3.63, 3.8) is 0 Å². The number of aliphatic hydroxyl groups excluding tert-OH is 1. The van der Waals surface area contributed by atoms with Gasteiger partial charge < -0.3 is 10.4 Å². The van der Waals surface area contributed by atoms with E-state index < -0.39 is 0 Å². The average Bonchev–Trinajstić information content (AvgIpc) is 2.67. The molecule has 84 valence electrons. The summed E-state index contributed by atoms with van der Waals surface area (Å²) in [5, 5.41) is 17.8. The molecule has 0 saturated heterocycles. The Kier molecular flexibility index (Phi) is 4.23. The number of amides is 1. The molecule has 0 saturated carbocycles. The SMILES string of the molecule is CCCc1nc(C(=O)N[C@@H](C)CO)n[nH]1. The smallest absolute Gasteiger partial charge is 0.291 e. The molecular weight excluding hydrogens is 196 g/mol. The van der Waals surface area contributed by atoms with Gasteiger partial charge in [-0.25, -0.2) is 4.98 Å². The molecule has 1 aromatic heterocycles. The molecule has 3 N–H and O–H groups in total. The van der Waals surface area contributed by atoms with Gasteiger partial charge in [-0.15, -0.1) is 5.10 Å². The summed E-state index contributed by atoms with van der Waals surface area (Å²) in [6.07, 6.45) is 1.72. The number of aliphatic hydroxyl groups is 1. The lowest BCUT2D eigenvalue weighted by Gasteiger charge is -2.07. The fraction of sp³-hybridized carbons (Fsp3) is 0.667. The van der Waals surface area contributed by atoms with E-state index in [1.54, 1.807) is 6.92 Å². The molecule has 1 rings (SSSR count). The number of aromatic amines is 1. The lowest BCUT2D eigenvalue weighted by atomic mass is 10.3. The van der Waals surface area contributed by atoms with Crippen LogP contribution in [-0.4, -0.2) is 38.8 Å². The summed E-state index contributed by atoms with van der Waals surface area (Å²) in [6, 6.07) is -0.286. The fourth-order valence-corrected chi connectivity index (χ4v) is 1.08. The Morgan fingerprint density at radius 1 is 1.67 bits per heavy atom. The normalized spacial score (nSPS) is 12.5. The standard InChI is InChI=1S/C9H16N4O2/c1-3-4-7-11-8(13-12-7)9(15)10-6(2)5-14/h6,14H,3-5H2,1-2H3,(H,10,15)(H,11,12,13)/t6-/m0/s1. The van der Waals surface area contributed by atoms with Crippen LogP contribution in [0.25, 0.3) is 0 Å². The van der Waals surface area contributed by atoms with Crippen LogP contribution in [0.4, 0.5) is 0 Å². The van der Waals surface area contributed by atoms with Gasteiger partial charge in [0.05, 0.1) is 6.61 Å². The summed E-state index contributed by atoms with van der Waals surface area (Å²) >= 11 is 0. The maximum Gasteiger partial charge on any atom is 0.291 e. The van der Waals surface area contributed by atoms with Gasteiger partial charge in [-0.3, -0.25) is 9.89 Å². The number of carbonyl (C=O) groups is 1. The number of hydrogen-bond donors (Lipinski definition) is 3. The van der Waals surface area contributed by atoms with E-state index in [9.17, 15) is 4.79 Å². The van der Waals surface area contributed by atoms with Gasteiger partial charge in [0.25, 0.3) is 5.91 Å². The van der Waals surface area contributed by atoms with Crippen LogP contribution in [0.1, 0.15) is 36.7 Å². The van der Waals surface area contributed by atoms with E-state index >= 15 is 0 Å². The lowest BCUT2D eigenvalue weighted by molar-refractivity contribution is 0.0912. The van der Waals surface area contributed by atoms with Crippen LogP contribution in [0.15, 0.2) is 0 Å². The van der Waals surface area contributed by atoms with E-state index in [-0.39, 0.29) is 24.4 Å². The number of aromatic nitrogens is 3. The first kappa shape index (κ1) is 11.6. The molecule has 0 fully saturated rings. The summed E-state index contributed by atoms with van der Waals surface area (Å²) < 4.78 is 0. The van der Waals surface area contributed by atoms with Gasteiger partial charge in [0, 0.05) is 12.5 Å². The highest BCUT2D eigenvalue weighted by Crippen LogP contribution is 1.96. The zero-order chi connectivity index (χ0) is 11.3. The minimum atomic E-state index is -0.366. The molecule has 0 bridgehead atoms. The Balaban J connectivity index is 2.58. The van der Waals surface area contributed by atoms with Crippen LogP contribution in [0.3, 0.4) is 0 Å². The van der Waals surface area contributed by atoms with Crippen LogP contribution in [0.5, 0.6) is 0 Å². The molecule has 0 aliphatic heterocycles. The van der Waals surface area contributed by atoms with Crippen LogP contribution >= 0.6 is 0 Å². The zero-order valence-corrected chi connectivity index (χ0v) is 8.95. The Bertz CT molecular complexity index is 324. The van der Waals surface area contributed by atoms with Crippen LogP contribution in [0.2, 0.25) is 0 Å². The largest absolute Gasteiger partial charge is 0.394 e. The van der Waals surface area contributed by atoms with Crippen LogP contribution in [0, 0.1) is 0 Å². The van der Waals surface area contributed by atoms with E-state index in [0.29, 0.717) is 5.82 Å². The number of rotatable bonds is 5. The van der Waals surface area contributed by atoms with Crippen molar-refractivity contribution in [2.45, 2.75) is 32.7 Å². The first-order chi connectivity index (χ1) is 7.17. The molecule has 6 nitrogen and oxygen atoms in total. The summed E-state index contributed by atoms with van der Waals surface area (Å²) in [5.41, 5.74) is 0. The van der Waals surface area contributed by atoms with Gasteiger partial charge >= 0.3 is 0 Å². The molecule has 0 aliphatic rings. The number of nitrogens with one attached hydrogen (secondary N) is 2. The Morgan fingerprint density at radius 3 is 3.00 bits per heavy atom. The third kappa shape index (κ3) is 3.32. The van der Waals surface area contributed by atoms with Crippen LogP contribution in [-0.2, 0) is 6.42 Å². The second-order valence-electron chi connectivity index (χ2n) is 3.41. The Labute approximate surface area is 88.1 Å². The first-order valence-electron chi connectivity index (χ1n) is 5.00. The quantitative estimate of drug-likeness (QED) is 0.634. The lowest BCUT2D eigenvalue weighted by Crippen LogP contribution is -2.35. The molecule has 1 heterocycles. The highest BCUT2D eigenvalue weighted by atomic mass is 16.3. The highest BCUT2D eigenvalue weighted by molar-refractivity contribution is 5.90. The predicted octanol–water partition coefficient (Wildman–Crippen LogP) is -0.132. The molecule has 0 aromatic carbocycles. The minimum absolute atomic E-state index is 0.0992. The number of aryl methyl sites for hydroxylation is 1. The molecule has 1 aromatic rings. The predicted molar refractivity (Wildman–Crippen MR) is 54.4 cm³/mol. The number of carbonyl (C=O) groups excluding carboxylic acids is 1. The van der Waals surface area contributed by atoms with Crippen molar-refractivity contribution in [3.8, 4) is 0 Å². The van der Waals surface area contributed by atoms with Gasteiger partial charge in [-0.05, 0) is 13.3 Å². The summed E-state index contributed by atoms with van der Waals surface area (Å²) in [6.45, 7) is 3.63. The second-order valence-corrected chi connectivity index (χ2v) is 3.41. The van der Waals surface area contributed by atoms with Crippen molar-refractivity contribution in [1.82, 2.24) is 20.5 Å². The Hall–Kier alpha value is -1.43. The monoisotopic (exact) mass is 212 g/mol. The second kappa shape index (κ2) is 5.45. The van der Waals surface area contributed by atoms with Crippen molar-refractivity contribution in [3.05, 3.63) is 11.6 Å². The maximum atomic E-state index is 11.5. The maximum absolute atomic E-state index is 11.5. The van der Waals surface area contributed by atoms with Gasteiger partial charge in [0.1, 0.15) is 5.82 Å². The van der Waals surface area contributed by atoms with Crippen molar-refractivity contribution in [2.75, 3.05) is 6.61 Å². The molecule has 1 amide bonds. The van der Waals surface area contributed by atoms with Gasteiger partial charge in [0.2, 0.25) is 5.82 Å². The number of hydrogen-bond acceptors (Lipinski definition) is 4. The molecule has 0 unspecified atom stereocenters. The van der Waals surface area contributed by atoms with E-state index in [1.165, 1.54) is 0 Å². The van der Waals surface area contributed by atoms with E-state index in [2.05, 4.69) is 20.5 Å². The Morgan fingerprint density at radius 2 is 2.40 bits per heavy atom. The fourth-order valence-electron chi connectivity index (χ4n) is 1.08. The summed E-state index contributed by atoms with van der Waals surface area (Å²) in [5.74, 6) is 0.466. The van der Waals surface area contributed by atoms with Gasteiger partial charge in [-0.2, -0.15) is 0 Å². The van der Waals surface area contributed by atoms with E-state index in [1.807, 2.05) is 6.92 Å². The molecule has 15 heavy (non-hydrogen) atoms.